The Bertz CT molecular complexity index is 999. The second kappa shape index (κ2) is 6.97. The minimum Gasteiger partial charge on any atom is -0.481 e. The molecular formula is C22H24N4O4. The Morgan fingerprint density at radius 3 is 2.60 bits per heavy atom. The van der Waals surface area contributed by atoms with E-state index in [1.165, 1.54) is 11.9 Å². The molecular weight excluding hydrogens is 384 g/mol. The number of fused-ring (bicyclic) bond motifs is 1. The number of amides is 1. The first-order valence-electron chi connectivity index (χ1n) is 10.4. The Morgan fingerprint density at radius 2 is 1.93 bits per heavy atom. The molecule has 1 aromatic heterocycles. The third-order valence-corrected chi connectivity index (χ3v) is 7.00. The lowest BCUT2D eigenvalue weighted by Gasteiger charge is -2.29. The predicted octanol–water partition coefficient (Wildman–Crippen LogP) is 2.85. The maximum Gasteiger partial charge on any atom is 0.307 e. The molecule has 2 aliphatic carbocycles. The van der Waals surface area contributed by atoms with Gasteiger partial charge in [0.05, 0.1) is 12.5 Å². The van der Waals surface area contributed by atoms with E-state index in [0.29, 0.717) is 19.1 Å². The van der Waals surface area contributed by atoms with E-state index in [9.17, 15) is 14.7 Å². The van der Waals surface area contributed by atoms with Crippen LogP contribution in [0.3, 0.4) is 0 Å². The second-order valence-corrected chi connectivity index (χ2v) is 8.57. The molecule has 1 atom stereocenters. The van der Waals surface area contributed by atoms with Gasteiger partial charge in [-0.2, -0.15) is 0 Å². The van der Waals surface area contributed by atoms with Crippen LogP contribution in [0.15, 0.2) is 30.6 Å². The van der Waals surface area contributed by atoms with Crippen molar-refractivity contribution in [2.75, 3.05) is 23.8 Å². The van der Waals surface area contributed by atoms with Gasteiger partial charge in [-0.3, -0.25) is 9.59 Å². The number of ether oxygens (including phenoxy) is 1. The number of carboxylic acids is 1. The number of nitrogens with zero attached hydrogens (tertiary/aromatic N) is 3. The smallest absolute Gasteiger partial charge is 0.307 e. The van der Waals surface area contributed by atoms with Crippen molar-refractivity contribution in [2.24, 2.45) is 11.3 Å². The Labute approximate surface area is 174 Å². The van der Waals surface area contributed by atoms with Crippen molar-refractivity contribution in [2.45, 2.75) is 38.0 Å². The molecule has 0 saturated heterocycles. The summed E-state index contributed by atoms with van der Waals surface area (Å²) >= 11 is 0. The van der Waals surface area contributed by atoms with Crippen LogP contribution in [0.25, 0.3) is 0 Å². The van der Waals surface area contributed by atoms with E-state index in [1.54, 1.807) is 4.90 Å². The van der Waals surface area contributed by atoms with Crippen molar-refractivity contribution in [1.29, 1.82) is 0 Å². The molecule has 1 aromatic carbocycles. The largest absolute Gasteiger partial charge is 0.481 e. The van der Waals surface area contributed by atoms with Gasteiger partial charge in [0.15, 0.2) is 0 Å². The highest BCUT2D eigenvalue weighted by atomic mass is 16.5. The normalized spacial score (nSPS) is 27.9. The third kappa shape index (κ3) is 3.07. The van der Waals surface area contributed by atoms with Crippen molar-refractivity contribution < 1.29 is 19.4 Å². The Morgan fingerprint density at radius 1 is 1.20 bits per heavy atom. The molecule has 8 heteroatoms. The topological polar surface area (TPSA) is 119 Å². The summed E-state index contributed by atoms with van der Waals surface area (Å²) in [4.78, 5) is 33.9. The van der Waals surface area contributed by atoms with Gasteiger partial charge in [0, 0.05) is 5.69 Å². The van der Waals surface area contributed by atoms with Crippen LogP contribution in [-0.4, -0.2) is 40.1 Å². The van der Waals surface area contributed by atoms with Crippen LogP contribution in [0.5, 0.6) is 5.88 Å². The van der Waals surface area contributed by atoms with Crippen LogP contribution < -0.4 is 15.4 Å². The van der Waals surface area contributed by atoms with Gasteiger partial charge in [-0.25, -0.2) is 9.97 Å². The first-order chi connectivity index (χ1) is 14.5. The number of anilines is 2. The predicted molar refractivity (Wildman–Crippen MR) is 109 cm³/mol. The van der Waals surface area contributed by atoms with Crippen LogP contribution >= 0.6 is 0 Å². The van der Waals surface area contributed by atoms with Crippen molar-refractivity contribution in [3.63, 3.8) is 0 Å². The first-order valence-corrected chi connectivity index (χ1v) is 10.4. The Balaban J connectivity index is 1.30. The minimum atomic E-state index is -0.642. The van der Waals surface area contributed by atoms with Gasteiger partial charge in [0.1, 0.15) is 24.3 Å². The number of carbonyl (C=O) groups is 2. The van der Waals surface area contributed by atoms with Gasteiger partial charge in [0.2, 0.25) is 5.88 Å². The van der Waals surface area contributed by atoms with Crippen LogP contribution in [-0.2, 0) is 4.79 Å². The average Bonchev–Trinajstić information content (AvgIpc) is 3.48. The number of carboxylic acid groups (broad SMARTS) is 1. The number of hydrogen-bond acceptors (Lipinski definition) is 6. The molecule has 0 radical (unpaired) electrons. The number of aromatic nitrogens is 2. The van der Waals surface area contributed by atoms with Gasteiger partial charge in [-0.15, -0.1) is 0 Å². The number of nitrogen functional groups attached to an aromatic ring is 1. The quantitative estimate of drug-likeness (QED) is 0.801. The van der Waals surface area contributed by atoms with Gasteiger partial charge in [0.25, 0.3) is 5.91 Å². The molecule has 3 aliphatic rings. The van der Waals surface area contributed by atoms with E-state index in [2.05, 4.69) is 22.1 Å². The van der Waals surface area contributed by atoms with Crippen LogP contribution in [0, 0.1) is 11.3 Å². The van der Waals surface area contributed by atoms with E-state index in [4.69, 9.17) is 10.5 Å². The molecule has 3 N–H and O–H groups in total. The maximum absolute atomic E-state index is 13.0. The van der Waals surface area contributed by atoms with Crippen molar-refractivity contribution in [3.05, 3.63) is 41.7 Å². The summed E-state index contributed by atoms with van der Waals surface area (Å²) in [6, 6.07) is 8.06. The highest BCUT2D eigenvalue weighted by Gasteiger charge is 2.58. The third-order valence-electron chi connectivity index (χ3n) is 7.00. The van der Waals surface area contributed by atoms with Crippen LogP contribution in [0.2, 0.25) is 0 Å². The lowest BCUT2D eigenvalue weighted by atomic mass is 9.76. The number of hydrogen-bond donors (Lipinski definition) is 2. The molecule has 0 bridgehead atoms. The number of nitrogens with two attached hydrogens (primary N) is 1. The summed E-state index contributed by atoms with van der Waals surface area (Å²) in [7, 11) is 0. The molecule has 2 saturated carbocycles. The number of benzene rings is 1. The highest BCUT2D eigenvalue weighted by molar-refractivity contribution is 6.10. The lowest BCUT2D eigenvalue weighted by molar-refractivity contribution is -0.139. The van der Waals surface area contributed by atoms with Gasteiger partial charge in [-0.1, -0.05) is 12.1 Å². The summed E-state index contributed by atoms with van der Waals surface area (Å²) < 4.78 is 5.59. The van der Waals surface area contributed by atoms with Crippen molar-refractivity contribution >= 4 is 23.4 Å². The Hall–Kier alpha value is -3.16. The summed E-state index contributed by atoms with van der Waals surface area (Å²) in [5, 5.41) is 9.27. The van der Waals surface area contributed by atoms with E-state index in [1.807, 2.05) is 12.1 Å². The molecule has 2 aromatic rings. The number of carbonyl (C=O) groups excluding carboxylic acids is 1. The fraction of sp³-hybridized carbons (Fsp3) is 0.455. The van der Waals surface area contributed by atoms with E-state index < -0.39 is 5.97 Å². The summed E-state index contributed by atoms with van der Waals surface area (Å²) in [5.41, 5.74) is 8.18. The summed E-state index contributed by atoms with van der Waals surface area (Å²) in [5.74, 6) is -0.270. The monoisotopic (exact) mass is 408 g/mol. The van der Waals surface area contributed by atoms with Crippen LogP contribution in [0.1, 0.15) is 53.9 Å². The maximum atomic E-state index is 13.0. The molecule has 1 amide bonds. The summed E-state index contributed by atoms with van der Waals surface area (Å²) in [6.45, 7) is 0.725. The van der Waals surface area contributed by atoms with Crippen LogP contribution in [0.4, 0.5) is 11.5 Å². The summed E-state index contributed by atoms with van der Waals surface area (Å²) in [6.07, 6.45) is 6.12. The molecule has 8 nitrogen and oxygen atoms in total. The number of aliphatic carboxylic acids is 1. The SMILES string of the molecule is Nc1ncnc2c1C(=O)N(c1ccc(C3CCC4(CC3)CC4C(=O)O)cc1)CCO2. The molecule has 1 unspecified atom stereocenters. The molecule has 30 heavy (non-hydrogen) atoms. The molecule has 1 spiro atoms. The molecule has 1 aliphatic heterocycles. The zero-order valence-corrected chi connectivity index (χ0v) is 16.6. The second-order valence-electron chi connectivity index (χ2n) is 8.57. The zero-order chi connectivity index (χ0) is 20.9. The van der Waals surface area contributed by atoms with Gasteiger partial charge in [-0.05, 0) is 61.1 Å². The van der Waals surface area contributed by atoms with Crippen molar-refractivity contribution in [3.8, 4) is 5.88 Å². The molecule has 2 fully saturated rings. The van der Waals surface area contributed by atoms with E-state index in [0.717, 1.165) is 37.8 Å². The number of rotatable bonds is 3. The minimum absolute atomic E-state index is 0.0517. The fourth-order valence-electron chi connectivity index (χ4n) is 5.11. The zero-order valence-electron chi connectivity index (χ0n) is 16.6. The van der Waals surface area contributed by atoms with Gasteiger partial charge < -0.3 is 20.5 Å². The van der Waals surface area contributed by atoms with E-state index in [-0.39, 0.29) is 34.5 Å². The fourth-order valence-corrected chi connectivity index (χ4v) is 5.11. The molecule has 156 valence electrons. The lowest BCUT2D eigenvalue weighted by Crippen LogP contribution is -2.32. The standard InChI is InChI=1S/C22H24N4O4/c23-18-17-19(25-12-24-18)30-10-9-26(20(17)27)15-3-1-13(2-4-15)14-5-7-22(8-6-14)11-16(22)21(28)29/h1-4,12,14,16H,5-11H2,(H,28,29)(H2,23,24,25). The van der Waals surface area contributed by atoms with Crippen molar-refractivity contribution in [1.82, 2.24) is 9.97 Å². The molecule has 2 heterocycles. The van der Waals surface area contributed by atoms with Gasteiger partial charge >= 0.3 is 5.97 Å². The molecule has 5 rings (SSSR count). The highest BCUT2D eigenvalue weighted by Crippen LogP contribution is 2.63. The average molecular weight is 408 g/mol. The Kier molecular flexibility index (Phi) is 4.38. The first kappa shape index (κ1) is 18.8. The van der Waals surface area contributed by atoms with E-state index >= 15 is 0 Å².